The van der Waals surface area contributed by atoms with E-state index < -0.39 is 24.3 Å². The fourth-order valence-electron chi connectivity index (χ4n) is 2.41. The third kappa shape index (κ3) is 3.40. The van der Waals surface area contributed by atoms with Gasteiger partial charge in [0.15, 0.2) is 11.5 Å². The van der Waals surface area contributed by atoms with Crippen LogP contribution >= 0.6 is 0 Å². The topological polar surface area (TPSA) is 64.7 Å². The van der Waals surface area contributed by atoms with E-state index >= 15 is 0 Å². The molecule has 0 radical (unpaired) electrons. The monoisotopic (exact) mass is 325 g/mol. The summed E-state index contributed by atoms with van der Waals surface area (Å²) in [5, 5.41) is 10.2. The molecule has 2 unspecified atom stereocenters. The molecule has 2 atom stereocenters. The van der Waals surface area contributed by atoms with Crippen LogP contribution in [0.1, 0.15) is 17.2 Å². The van der Waals surface area contributed by atoms with E-state index in [1.54, 1.807) is 6.07 Å². The Bertz CT molecular complexity index is 706. The lowest BCUT2D eigenvalue weighted by Gasteiger charge is -2.19. The van der Waals surface area contributed by atoms with Gasteiger partial charge >= 0.3 is 6.29 Å². The number of hydrogen-bond donors (Lipinski definition) is 2. The van der Waals surface area contributed by atoms with Crippen LogP contribution in [0.5, 0.6) is 11.5 Å². The van der Waals surface area contributed by atoms with Crippen molar-refractivity contribution in [2.45, 2.75) is 24.9 Å². The van der Waals surface area contributed by atoms with E-state index in [9.17, 15) is 18.3 Å². The lowest BCUT2D eigenvalue weighted by atomic mass is 9.96. The van der Waals surface area contributed by atoms with Crippen molar-refractivity contribution in [3.05, 3.63) is 59.4 Å². The molecule has 23 heavy (non-hydrogen) atoms. The fraction of sp³-hybridized carbons (Fsp3) is 0.250. The molecule has 1 aliphatic heterocycles. The van der Waals surface area contributed by atoms with Crippen molar-refractivity contribution in [3.63, 3.8) is 0 Å². The molecule has 4 nitrogen and oxygen atoms in total. The van der Waals surface area contributed by atoms with E-state index in [4.69, 9.17) is 5.73 Å². The van der Waals surface area contributed by atoms with Gasteiger partial charge in [-0.1, -0.05) is 18.2 Å². The van der Waals surface area contributed by atoms with Gasteiger partial charge in [-0.15, -0.1) is 8.78 Å². The zero-order valence-electron chi connectivity index (χ0n) is 11.9. The summed E-state index contributed by atoms with van der Waals surface area (Å²) in [5.41, 5.74) is 7.04. The Hall–Kier alpha value is -2.25. The minimum absolute atomic E-state index is 0.0496. The molecule has 1 aliphatic rings. The van der Waals surface area contributed by atoms with Crippen molar-refractivity contribution in [2.24, 2.45) is 5.73 Å². The first-order valence-electron chi connectivity index (χ1n) is 6.92. The molecule has 2 aromatic carbocycles. The Morgan fingerprint density at radius 2 is 1.70 bits per heavy atom. The molecule has 0 aliphatic carbocycles. The predicted molar refractivity (Wildman–Crippen MR) is 75.7 cm³/mol. The van der Waals surface area contributed by atoms with Crippen LogP contribution in [0.4, 0.5) is 13.2 Å². The smallest absolute Gasteiger partial charge is 0.395 e. The van der Waals surface area contributed by atoms with E-state index in [-0.39, 0.29) is 17.9 Å². The minimum atomic E-state index is -3.67. The highest BCUT2D eigenvalue weighted by molar-refractivity contribution is 5.45. The third-order valence-corrected chi connectivity index (χ3v) is 3.55. The molecule has 0 aromatic heterocycles. The second kappa shape index (κ2) is 5.75. The van der Waals surface area contributed by atoms with Crippen molar-refractivity contribution in [1.82, 2.24) is 0 Å². The summed E-state index contributed by atoms with van der Waals surface area (Å²) in [7, 11) is 0. The molecule has 0 spiro atoms. The predicted octanol–water partition coefficient (Wildman–Crippen LogP) is 2.75. The van der Waals surface area contributed by atoms with Gasteiger partial charge in [0.25, 0.3) is 0 Å². The van der Waals surface area contributed by atoms with Gasteiger partial charge in [0.2, 0.25) is 0 Å². The van der Waals surface area contributed by atoms with Crippen molar-refractivity contribution in [2.75, 3.05) is 0 Å². The molecule has 3 N–H and O–H groups in total. The number of fused-ring (bicyclic) bond motifs is 1. The quantitative estimate of drug-likeness (QED) is 0.907. The minimum Gasteiger partial charge on any atom is -0.395 e. The fourth-order valence-corrected chi connectivity index (χ4v) is 2.41. The van der Waals surface area contributed by atoms with E-state index in [0.717, 1.165) is 0 Å². The first-order chi connectivity index (χ1) is 10.8. The maximum Gasteiger partial charge on any atom is 0.586 e. The lowest BCUT2D eigenvalue weighted by molar-refractivity contribution is -0.286. The van der Waals surface area contributed by atoms with Crippen LogP contribution in [-0.4, -0.2) is 17.4 Å². The van der Waals surface area contributed by atoms with Crippen molar-refractivity contribution < 1.29 is 27.8 Å². The number of aliphatic hydroxyl groups is 1. The Labute approximate surface area is 130 Å². The van der Waals surface area contributed by atoms with E-state index in [0.29, 0.717) is 11.1 Å². The molecule has 2 aromatic rings. The summed E-state index contributed by atoms with van der Waals surface area (Å²) in [4.78, 5) is 0. The van der Waals surface area contributed by atoms with Gasteiger partial charge in [-0.05, 0) is 41.8 Å². The van der Waals surface area contributed by atoms with E-state index in [1.165, 1.54) is 36.4 Å². The largest absolute Gasteiger partial charge is 0.586 e. The van der Waals surface area contributed by atoms with Crippen LogP contribution in [-0.2, 0) is 6.42 Å². The summed E-state index contributed by atoms with van der Waals surface area (Å²) >= 11 is 0. The molecule has 0 saturated carbocycles. The maximum atomic E-state index is 13.0. The zero-order chi connectivity index (χ0) is 16.6. The number of alkyl halides is 2. The first kappa shape index (κ1) is 15.6. The number of nitrogens with two attached hydrogens (primary N) is 1. The number of rotatable bonds is 4. The molecule has 7 heteroatoms. The molecule has 0 bridgehead atoms. The Balaban J connectivity index is 1.71. The van der Waals surface area contributed by atoms with Crippen LogP contribution in [0.3, 0.4) is 0 Å². The average molecular weight is 325 g/mol. The van der Waals surface area contributed by atoms with Gasteiger partial charge in [0.1, 0.15) is 5.82 Å². The molecule has 1 heterocycles. The van der Waals surface area contributed by atoms with Gasteiger partial charge in [0.05, 0.1) is 6.10 Å². The second-order valence-electron chi connectivity index (χ2n) is 5.31. The summed E-state index contributed by atoms with van der Waals surface area (Å²) in [5.74, 6) is -0.534. The molecule has 3 rings (SSSR count). The highest BCUT2D eigenvalue weighted by Gasteiger charge is 2.43. The molecule has 122 valence electrons. The number of hydrogen-bond acceptors (Lipinski definition) is 4. The van der Waals surface area contributed by atoms with Gasteiger partial charge in [-0.2, -0.15) is 0 Å². The van der Waals surface area contributed by atoms with Crippen LogP contribution in [0.2, 0.25) is 0 Å². The zero-order valence-corrected chi connectivity index (χ0v) is 11.9. The summed E-state index contributed by atoms with van der Waals surface area (Å²) in [6, 6.07) is 8.99. The van der Waals surface area contributed by atoms with Crippen molar-refractivity contribution in [1.29, 1.82) is 0 Å². The summed E-state index contributed by atoms with van der Waals surface area (Å²) < 4.78 is 47.5. The molecule has 0 saturated heterocycles. The number of benzene rings is 2. The van der Waals surface area contributed by atoms with Crippen molar-refractivity contribution in [3.8, 4) is 11.5 Å². The standard InChI is InChI=1S/C16H14F3NO3/c17-11-4-2-10(3-5-11)15(21)12(20)7-9-1-6-13-14(8-9)23-16(18,19)22-13/h1-6,8,12,15,21H,7,20H2. The highest BCUT2D eigenvalue weighted by atomic mass is 19.3. The van der Waals surface area contributed by atoms with Crippen LogP contribution < -0.4 is 15.2 Å². The van der Waals surface area contributed by atoms with Crippen LogP contribution in [0, 0.1) is 5.82 Å². The van der Waals surface area contributed by atoms with Crippen LogP contribution in [0.25, 0.3) is 0 Å². The Morgan fingerprint density at radius 3 is 2.39 bits per heavy atom. The maximum absolute atomic E-state index is 13.0. The van der Waals surface area contributed by atoms with Gasteiger partial charge in [0, 0.05) is 6.04 Å². The Morgan fingerprint density at radius 1 is 1.04 bits per heavy atom. The third-order valence-electron chi connectivity index (χ3n) is 3.55. The number of ether oxygens (including phenoxy) is 2. The van der Waals surface area contributed by atoms with Gasteiger partial charge < -0.3 is 20.3 Å². The number of halogens is 3. The van der Waals surface area contributed by atoms with Crippen molar-refractivity contribution >= 4 is 0 Å². The Kier molecular flexibility index (Phi) is 3.91. The first-order valence-corrected chi connectivity index (χ1v) is 6.92. The van der Waals surface area contributed by atoms with Crippen LogP contribution in [0.15, 0.2) is 42.5 Å². The van der Waals surface area contributed by atoms with E-state index in [1.807, 2.05) is 0 Å². The van der Waals surface area contributed by atoms with Gasteiger partial charge in [-0.25, -0.2) is 4.39 Å². The highest BCUT2D eigenvalue weighted by Crippen LogP contribution is 2.41. The number of aliphatic hydroxyl groups excluding tert-OH is 1. The molecular formula is C16H14F3NO3. The molecule has 0 fully saturated rings. The lowest BCUT2D eigenvalue weighted by Crippen LogP contribution is -2.30. The SMILES string of the molecule is NC(Cc1ccc2c(c1)OC(F)(F)O2)C(O)c1ccc(F)cc1. The van der Waals surface area contributed by atoms with E-state index in [2.05, 4.69) is 9.47 Å². The average Bonchev–Trinajstić information content (AvgIpc) is 2.80. The molecular weight excluding hydrogens is 311 g/mol. The summed E-state index contributed by atoms with van der Waals surface area (Å²) in [6.07, 6.45) is -4.46. The normalized spacial score (nSPS) is 17.8. The summed E-state index contributed by atoms with van der Waals surface area (Å²) in [6.45, 7) is 0. The van der Waals surface area contributed by atoms with Gasteiger partial charge in [-0.3, -0.25) is 0 Å². The molecule has 0 amide bonds. The second-order valence-corrected chi connectivity index (χ2v) is 5.31.